The lowest BCUT2D eigenvalue weighted by molar-refractivity contribution is -0.0228. The van der Waals surface area contributed by atoms with Crippen molar-refractivity contribution in [2.75, 3.05) is 0 Å². The quantitative estimate of drug-likeness (QED) is 0.180. The van der Waals surface area contributed by atoms with Gasteiger partial charge in [-0.1, -0.05) is 35.9 Å². The van der Waals surface area contributed by atoms with Gasteiger partial charge in [-0.05, 0) is 88.6 Å². The molecule has 0 spiro atoms. The second-order valence-electron chi connectivity index (χ2n) is 9.33. The van der Waals surface area contributed by atoms with Crippen LogP contribution in [0.1, 0.15) is 50.4 Å². The molecule has 1 aromatic heterocycles. The fraction of sp³-hybridized carbons (Fsp3) is 0.276. The first-order chi connectivity index (χ1) is 15.4. The first-order valence-electron chi connectivity index (χ1n) is 11.4. The summed E-state index contributed by atoms with van der Waals surface area (Å²) in [6.45, 7) is 6.24. The standard InChI is InChI=1S/C29H29O2S/c1-20-9-8-10-22(19-20)29(2,3)31-28(30)21-15-17-23(18-16-21)32-26-13-6-4-11-24(26)25-12-5-7-14-27(25)32/h4-7,11-19,22H,8-10H2,1-3H3/q+1. The monoisotopic (exact) mass is 441 g/mol. The summed E-state index contributed by atoms with van der Waals surface area (Å²) in [5.41, 5.74) is 1.50. The topological polar surface area (TPSA) is 26.3 Å². The summed E-state index contributed by atoms with van der Waals surface area (Å²) in [4.78, 5) is 14.2. The van der Waals surface area contributed by atoms with E-state index in [4.69, 9.17) is 4.74 Å². The molecule has 1 aliphatic rings. The van der Waals surface area contributed by atoms with Gasteiger partial charge in [0.15, 0.2) is 14.3 Å². The largest absolute Gasteiger partial charge is 0.455 e. The minimum Gasteiger partial charge on any atom is -0.455 e. The summed E-state index contributed by atoms with van der Waals surface area (Å²) in [6, 6.07) is 25.3. The minimum atomic E-state index is -0.511. The van der Waals surface area contributed by atoms with Crippen LogP contribution in [0.3, 0.4) is 0 Å². The molecule has 1 unspecified atom stereocenters. The van der Waals surface area contributed by atoms with Gasteiger partial charge in [0.05, 0.1) is 5.56 Å². The van der Waals surface area contributed by atoms with Crippen LogP contribution in [0, 0.1) is 5.92 Å². The molecule has 4 aromatic rings. The van der Waals surface area contributed by atoms with E-state index in [9.17, 15) is 4.79 Å². The van der Waals surface area contributed by atoms with Crippen LogP contribution in [0.2, 0.25) is 0 Å². The maximum Gasteiger partial charge on any atom is 0.338 e. The molecule has 0 N–H and O–H groups in total. The predicted molar refractivity (Wildman–Crippen MR) is 136 cm³/mol. The van der Waals surface area contributed by atoms with Crippen LogP contribution >= 0.6 is 10.5 Å². The van der Waals surface area contributed by atoms with Gasteiger partial charge in [-0.3, -0.25) is 0 Å². The zero-order valence-electron chi connectivity index (χ0n) is 18.9. The lowest BCUT2D eigenvalue weighted by Gasteiger charge is -2.34. The number of carbonyl (C=O) groups excluding carboxylic acids is 1. The molecular formula is C29H29O2S+. The number of hydrogen-bond donors (Lipinski definition) is 0. The summed E-state index contributed by atoms with van der Waals surface area (Å²) in [5, 5.41) is 2.62. The van der Waals surface area contributed by atoms with Crippen LogP contribution in [0.25, 0.3) is 25.1 Å². The van der Waals surface area contributed by atoms with E-state index in [1.165, 1.54) is 30.6 Å². The molecule has 3 heteroatoms. The molecule has 2 nitrogen and oxygen atoms in total. The molecule has 1 heterocycles. The van der Waals surface area contributed by atoms with Gasteiger partial charge in [0.1, 0.15) is 5.60 Å². The van der Waals surface area contributed by atoms with Crippen molar-refractivity contribution >= 4 is 36.6 Å². The molecule has 0 amide bonds. The molecule has 0 radical (unpaired) electrons. The fourth-order valence-corrected chi connectivity index (χ4v) is 7.24. The molecule has 0 aliphatic heterocycles. The highest BCUT2D eigenvalue weighted by Crippen LogP contribution is 2.48. The third-order valence-electron chi connectivity index (χ3n) is 6.65. The van der Waals surface area contributed by atoms with Crippen LogP contribution in [-0.4, -0.2) is 11.6 Å². The molecule has 1 atom stereocenters. The highest BCUT2D eigenvalue weighted by Gasteiger charge is 2.33. The average molecular weight is 442 g/mol. The fourth-order valence-electron chi connectivity index (χ4n) is 4.87. The van der Waals surface area contributed by atoms with Crippen LogP contribution < -0.4 is 0 Å². The molecule has 0 saturated carbocycles. The first-order valence-corrected chi connectivity index (χ1v) is 12.6. The number of benzene rings is 3. The molecule has 162 valence electrons. The summed E-state index contributed by atoms with van der Waals surface area (Å²) in [7, 11) is -0.149. The van der Waals surface area contributed by atoms with Crippen LogP contribution in [0.4, 0.5) is 0 Å². The van der Waals surface area contributed by atoms with Crippen molar-refractivity contribution in [1.29, 1.82) is 0 Å². The van der Waals surface area contributed by atoms with Gasteiger partial charge in [-0.2, -0.15) is 0 Å². The van der Waals surface area contributed by atoms with Crippen molar-refractivity contribution in [3.05, 3.63) is 90.0 Å². The molecule has 0 fully saturated rings. The van der Waals surface area contributed by atoms with E-state index >= 15 is 0 Å². The molecule has 0 bridgehead atoms. The number of hydrogen-bond acceptors (Lipinski definition) is 2. The van der Waals surface area contributed by atoms with Crippen molar-refractivity contribution < 1.29 is 9.53 Å². The Morgan fingerprint density at radius 1 is 0.906 bits per heavy atom. The summed E-state index contributed by atoms with van der Waals surface area (Å²) in [5.74, 6) is 0.0289. The second-order valence-corrected chi connectivity index (χ2v) is 11.3. The van der Waals surface area contributed by atoms with Gasteiger partial charge >= 0.3 is 5.97 Å². The Balaban J connectivity index is 1.45. The highest BCUT2D eigenvalue weighted by atomic mass is 32.2. The Morgan fingerprint density at radius 2 is 1.50 bits per heavy atom. The number of rotatable bonds is 4. The van der Waals surface area contributed by atoms with E-state index in [0.29, 0.717) is 5.56 Å². The molecule has 0 saturated heterocycles. The third-order valence-corrected chi connectivity index (χ3v) is 8.99. The van der Waals surface area contributed by atoms with Gasteiger partial charge in [0.2, 0.25) is 0 Å². The van der Waals surface area contributed by atoms with Crippen molar-refractivity contribution in [2.45, 2.75) is 45.6 Å². The highest BCUT2D eigenvalue weighted by molar-refractivity contribution is 7.50. The number of allylic oxidation sites excluding steroid dienone is 1. The molecule has 1 aliphatic carbocycles. The maximum absolute atomic E-state index is 13.0. The van der Waals surface area contributed by atoms with E-state index in [2.05, 4.69) is 73.7 Å². The zero-order valence-corrected chi connectivity index (χ0v) is 19.7. The number of fused-ring (bicyclic) bond motifs is 3. The first kappa shape index (κ1) is 21.0. The van der Waals surface area contributed by atoms with Gasteiger partial charge in [-0.15, -0.1) is 0 Å². The Kier molecular flexibility index (Phi) is 5.38. The predicted octanol–water partition coefficient (Wildman–Crippen LogP) is 8.41. The van der Waals surface area contributed by atoms with Gasteiger partial charge in [-0.25, -0.2) is 4.79 Å². The van der Waals surface area contributed by atoms with Gasteiger partial charge < -0.3 is 4.74 Å². The van der Waals surface area contributed by atoms with E-state index in [1.54, 1.807) is 0 Å². The minimum absolute atomic E-state index is 0.149. The molecule has 3 aromatic carbocycles. The van der Waals surface area contributed by atoms with Crippen molar-refractivity contribution in [1.82, 2.24) is 0 Å². The molecule has 32 heavy (non-hydrogen) atoms. The number of ether oxygens (including phenoxy) is 1. The van der Waals surface area contributed by atoms with Crippen LogP contribution in [-0.2, 0) is 4.74 Å². The van der Waals surface area contributed by atoms with E-state index in [-0.39, 0.29) is 22.4 Å². The molecular weight excluding hydrogens is 412 g/mol. The normalized spacial score (nSPS) is 16.8. The smallest absolute Gasteiger partial charge is 0.338 e. The maximum atomic E-state index is 13.0. The van der Waals surface area contributed by atoms with Crippen molar-refractivity contribution in [2.24, 2.45) is 5.92 Å². The lowest BCUT2D eigenvalue weighted by Crippen LogP contribution is -2.36. The summed E-state index contributed by atoms with van der Waals surface area (Å²) < 4.78 is 8.71. The zero-order chi connectivity index (χ0) is 22.3. The van der Waals surface area contributed by atoms with E-state index < -0.39 is 5.60 Å². The number of thiophene rings is 1. The average Bonchev–Trinajstić information content (AvgIpc) is 3.13. The Morgan fingerprint density at radius 3 is 2.09 bits per heavy atom. The van der Waals surface area contributed by atoms with Crippen LogP contribution in [0.15, 0.2) is 84.4 Å². The summed E-state index contributed by atoms with van der Waals surface area (Å²) in [6.07, 6.45) is 5.66. The lowest BCUT2D eigenvalue weighted by atomic mass is 9.81. The Bertz CT molecular complexity index is 1270. The van der Waals surface area contributed by atoms with Crippen molar-refractivity contribution in [3.63, 3.8) is 0 Å². The Labute approximate surface area is 192 Å². The Hall–Kier alpha value is -2.91. The van der Waals surface area contributed by atoms with E-state index in [1.807, 2.05) is 26.0 Å². The second kappa shape index (κ2) is 8.22. The van der Waals surface area contributed by atoms with Gasteiger partial charge in [0.25, 0.3) is 0 Å². The third kappa shape index (κ3) is 3.75. The summed E-state index contributed by atoms with van der Waals surface area (Å²) >= 11 is 0. The van der Waals surface area contributed by atoms with Gasteiger partial charge in [0, 0.05) is 27.2 Å². The van der Waals surface area contributed by atoms with E-state index in [0.717, 1.165) is 19.3 Å². The number of esters is 1. The molecule has 5 rings (SSSR count). The number of carbonyl (C=O) groups is 1. The van der Waals surface area contributed by atoms with Crippen molar-refractivity contribution in [3.8, 4) is 4.90 Å². The van der Waals surface area contributed by atoms with Crippen LogP contribution in [0.5, 0.6) is 0 Å². The SMILES string of the molecule is CC1=CC(C(C)(C)OC(=O)c2ccc(-[s+]3c4ccccc4c4ccccc43)cc2)CCC1.